The van der Waals surface area contributed by atoms with Crippen LogP contribution in [0.1, 0.15) is 43.6 Å². The highest BCUT2D eigenvalue weighted by atomic mass is 32.2. The average molecular weight is 531 g/mol. The highest BCUT2D eigenvalue weighted by molar-refractivity contribution is 7.95. The van der Waals surface area contributed by atoms with Crippen LogP contribution < -0.4 is 16.2 Å². The van der Waals surface area contributed by atoms with Gasteiger partial charge in [-0.2, -0.15) is 0 Å². The molecule has 1 aromatic carbocycles. The van der Waals surface area contributed by atoms with E-state index < -0.39 is 0 Å². The zero-order valence-electron chi connectivity index (χ0n) is 22.0. The third kappa shape index (κ3) is 6.63. The zero-order valence-corrected chi connectivity index (χ0v) is 22.8. The topological polar surface area (TPSA) is 83.0 Å². The Morgan fingerprint density at radius 3 is 2.68 bits per heavy atom. The van der Waals surface area contributed by atoms with Crippen molar-refractivity contribution in [1.29, 1.82) is 0 Å². The maximum Gasteiger partial charge on any atom is 0.123 e. The maximum absolute atomic E-state index is 13.7. The fourth-order valence-corrected chi connectivity index (χ4v) is 7.91. The van der Waals surface area contributed by atoms with E-state index in [0.717, 1.165) is 63.2 Å². The number of piperidine rings is 1. The fraction of sp³-hybridized carbons (Fsp3) is 0.643. The Labute approximate surface area is 225 Å². The summed E-state index contributed by atoms with van der Waals surface area (Å²) in [6.45, 7) is 7.30. The SMILES string of the molecule is CN1CC2(C1)CN(SNC1CCN(/C(N)=C/C=C\N)CC1COC1CCC(c3cccc(F)c3)CC1)C2. The summed E-state index contributed by atoms with van der Waals surface area (Å²) >= 11 is 1.80. The van der Waals surface area contributed by atoms with Gasteiger partial charge in [0.25, 0.3) is 0 Å². The van der Waals surface area contributed by atoms with Crippen LogP contribution in [0, 0.1) is 17.2 Å². The van der Waals surface area contributed by atoms with Crippen LogP contribution in [0.15, 0.2) is 48.4 Å². The number of nitrogens with zero attached hydrogens (tertiary/aromatic N) is 3. The summed E-state index contributed by atoms with van der Waals surface area (Å²) in [6, 6.07) is 7.47. The van der Waals surface area contributed by atoms with Crippen LogP contribution in [0.4, 0.5) is 4.39 Å². The Morgan fingerprint density at radius 1 is 1.19 bits per heavy atom. The molecule has 7 nitrogen and oxygen atoms in total. The molecule has 37 heavy (non-hydrogen) atoms. The van der Waals surface area contributed by atoms with Crippen molar-refractivity contribution in [3.8, 4) is 0 Å². The lowest BCUT2D eigenvalue weighted by Gasteiger charge is -2.59. The van der Waals surface area contributed by atoms with Crippen molar-refractivity contribution in [3.05, 3.63) is 59.8 Å². The number of allylic oxidation sites excluding steroid dienone is 2. The van der Waals surface area contributed by atoms with Gasteiger partial charge in [0, 0.05) is 68.8 Å². The highest BCUT2D eigenvalue weighted by Gasteiger charge is 2.50. The molecule has 2 atom stereocenters. The quantitative estimate of drug-likeness (QED) is 0.332. The number of likely N-dealkylation sites (tertiary alicyclic amines) is 2. The molecule has 5 rings (SSSR count). The molecule has 204 valence electrons. The third-order valence-corrected chi connectivity index (χ3v) is 9.51. The predicted octanol–water partition coefficient (Wildman–Crippen LogP) is 3.23. The van der Waals surface area contributed by atoms with E-state index in [1.54, 1.807) is 24.3 Å². The van der Waals surface area contributed by atoms with Crippen LogP contribution in [0.2, 0.25) is 0 Å². The van der Waals surface area contributed by atoms with Gasteiger partial charge in [-0.1, -0.05) is 12.1 Å². The molecule has 2 unspecified atom stereocenters. The number of ether oxygens (including phenoxy) is 1. The number of nitrogens with two attached hydrogens (primary N) is 2. The van der Waals surface area contributed by atoms with Gasteiger partial charge in [0.1, 0.15) is 5.82 Å². The van der Waals surface area contributed by atoms with Crippen LogP contribution in [0.5, 0.6) is 0 Å². The molecule has 9 heteroatoms. The lowest BCUT2D eigenvalue weighted by molar-refractivity contribution is -0.0637. The van der Waals surface area contributed by atoms with Crippen LogP contribution in [-0.2, 0) is 4.74 Å². The van der Waals surface area contributed by atoms with Gasteiger partial charge in [0.05, 0.1) is 18.5 Å². The van der Waals surface area contributed by atoms with E-state index in [2.05, 4.69) is 31.9 Å². The number of rotatable bonds is 9. The first kappa shape index (κ1) is 26.8. The molecule has 0 bridgehead atoms. The number of hydrogen-bond acceptors (Lipinski definition) is 8. The van der Waals surface area contributed by atoms with Crippen molar-refractivity contribution in [2.24, 2.45) is 22.8 Å². The number of benzene rings is 1. The van der Waals surface area contributed by atoms with Gasteiger partial charge in [-0.05, 0) is 81.1 Å². The molecule has 1 saturated carbocycles. The first-order chi connectivity index (χ1) is 17.9. The summed E-state index contributed by atoms with van der Waals surface area (Å²) in [7, 11) is 2.20. The predicted molar refractivity (Wildman–Crippen MR) is 149 cm³/mol. The standard InChI is InChI=1S/C28H43FN6OS/c1-33-17-28(18-33)19-35(20-28)37-32-26-11-13-34(27(31)6-3-12-30)15-23(26)16-36-25-9-7-21(8-10-25)22-4-2-5-24(29)14-22/h2-6,12,14,21,23,25-26,32H,7-11,13,15-20,30-31H2,1H3/b12-3-,27-6+. The molecule has 1 spiro atoms. The Hall–Kier alpha value is -1.78. The molecule has 0 radical (unpaired) electrons. The van der Waals surface area contributed by atoms with Crippen molar-refractivity contribution in [2.75, 3.05) is 52.9 Å². The molecule has 0 aromatic heterocycles. The van der Waals surface area contributed by atoms with E-state index in [9.17, 15) is 4.39 Å². The van der Waals surface area contributed by atoms with E-state index in [0.29, 0.717) is 23.3 Å². The van der Waals surface area contributed by atoms with Crippen molar-refractivity contribution < 1.29 is 9.13 Å². The second-order valence-electron chi connectivity index (χ2n) is 11.6. The Bertz CT molecular complexity index is 954. The van der Waals surface area contributed by atoms with Crippen LogP contribution >= 0.6 is 12.1 Å². The van der Waals surface area contributed by atoms with Gasteiger partial charge in [-0.15, -0.1) is 0 Å². The molecular weight excluding hydrogens is 487 g/mol. The Kier molecular flexibility index (Phi) is 8.66. The van der Waals surface area contributed by atoms with Gasteiger partial charge in [0.2, 0.25) is 0 Å². The van der Waals surface area contributed by atoms with Crippen molar-refractivity contribution >= 4 is 12.1 Å². The van der Waals surface area contributed by atoms with Gasteiger partial charge >= 0.3 is 0 Å². The van der Waals surface area contributed by atoms with E-state index in [-0.39, 0.29) is 11.9 Å². The summed E-state index contributed by atoms with van der Waals surface area (Å²) in [5.74, 6) is 1.40. The van der Waals surface area contributed by atoms with Gasteiger partial charge < -0.3 is 26.0 Å². The third-order valence-electron chi connectivity index (χ3n) is 8.58. The molecule has 0 amide bonds. The van der Waals surface area contributed by atoms with Crippen LogP contribution in [0.25, 0.3) is 0 Å². The Morgan fingerprint density at radius 2 is 1.97 bits per heavy atom. The Balaban J connectivity index is 1.12. The molecule has 3 saturated heterocycles. The molecule has 3 aliphatic heterocycles. The second-order valence-corrected chi connectivity index (χ2v) is 12.6. The monoisotopic (exact) mass is 530 g/mol. The van der Waals surface area contributed by atoms with Gasteiger partial charge in [0.15, 0.2) is 0 Å². The average Bonchev–Trinajstić information content (AvgIpc) is 2.87. The first-order valence-electron chi connectivity index (χ1n) is 13.7. The summed E-state index contributed by atoms with van der Waals surface area (Å²) in [5.41, 5.74) is 13.5. The molecule has 3 heterocycles. The lowest BCUT2D eigenvalue weighted by Crippen LogP contribution is -2.69. The minimum atomic E-state index is -0.141. The molecule has 5 N–H and O–H groups in total. The van der Waals surface area contributed by atoms with E-state index in [1.165, 1.54) is 38.4 Å². The largest absolute Gasteiger partial charge is 0.405 e. The van der Waals surface area contributed by atoms with Crippen LogP contribution in [-0.4, -0.2) is 79.2 Å². The summed E-state index contributed by atoms with van der Waals surface area (Å²) in [4.78, 5) is 4.66. The second kappa shape index (κ2) is 11.9. The maximum atomic E-state index is 13.7. The van der Waals surface area contributed by atoms with Crippen molar-refractivity contribution in [1.82, 2.24) is 18.8 Å². The highest BCUT2D eigenvalue weighted by Crippen LogP contribution is 2.41. The van der Waals surface area contributed by atoms with E-state index in [1.807, 2.05) is 12.1 Å². The molecule has 1 aliphatic carbocycles. The van der Waals surface area contributed by atoms with Crippen molar-refractivity contribution in [3.63, 3.8) is 0 Å². The van der Waals surface area contributed by atoms with Gasteiger partial charge in [-0.25, -0.2) is 13.4 Å². The van der Waals surface area contributed by atoms with Crippen molar-refractivity contribution in [2.45, 2.75) is 50.2 Å². The molecule has 4 fully saturated rings. The minimum Gasteiger partial charge on any atom is -0.405 e. The van der Waals surface area contributed by atoms with E-state index >= 15 is 0 Å². The number of halogens is 1. The number of hydrogen-bond donors (Lipinski definition) is 3. The first-order valence-corrected chi connectivity index (χ1v) is 14.5. The number of nitrogens with one attached hydrogen (secondary N) is 1. The summed E-state index contributed by atoms with van der Waals surface area (Å²) < 4.78 is 26.4. The minimum absolute atomic E-state index is 0.141. The molecular formula is C28H43FN6OS. The summed E-state index contributed by atoms with van der Waals surface area (Å²) in [6.07, 6.45) is 10.6. The smallest absolute Gasteiger partial charge is 0.123 e. The fourth-order valence-electron chi connectivity index (χ4n) is 6.64. The molecule has 4 aliphatic rings. The van der Waals surface area contributed by atoms with Crippen LogP contribution in [0.3, 0.4) is 0 Å². The molecule has 1 aromatic rings. The summed E-state index contributed by atoms with van der Waals surface area (Å²) in [5, 5.41) is 0. The lowest BCUT2D eigenvalue weighted by atomic mass is 9.75. The normalized spacial score (nSPS) is 31.0. The zero-order chi connectivity index (χ0) is 25.8. The van der Waals surface area contributed by atoms with Gasteiger partial charge in [-0.3, -0.25) is 0 Å². The van der Waals surface area contributed by atoms with E-state index in [4.69, 9.17) is 16.2 Å².